The molecule has 1 aromatic rings. The van der Waals surface area contributed by atoms with E-state index >= 15 is 0 Å². The highest BCUT2D eigenvalue weighted by Crippen LogP contribution is 2.27. The maximum Gasteiger partial charge on any atom is 0.343 e. The van der Waals surface area contributed by atoms with Crippen LogP contribution in [0, 0.1) is 12.8 Å². The minimum atomic E-state index is -0.400. The van der Waals surface area contributed by atoms with Crippen molar-refractivity contribution in [1.82, 2.24) is 9.97 Å². The Morgan fingerprint density at radius 1 is 1.47 bits per heavy atom. The molecular weight excluding hydrogens is 242 g/mol. The molecule has 1 heterocycles. The van der Waals surface area contributed by atoms with E-state index < -0.39 is 5.97 Å². The fraction of sp³-hybridized carbons (Fsp3) is 0.643. The van der Waals surface area contributed by atoms with Crippen molar-refractivity contribution in [2.24, 2.45) is 5.92 Å². The maximum absolute atomic E-state index is 11.6. The lowest BCUT2D eigenvalue weighted by atomic mass is 10.0. The average Bonchev–Trinajstić information content (AvgIpc) is 2.91. The van der Waals surface area contributed by atoms with Crippen LogP contribution in [0.15, 0.2) is 6.20 Å². The number of aryl methyl sites for hydroxylation is 1. The van der Waals surface area contributed by atoms with Gasteiger partial charge in [0.25, 0.3) is 0 Å². The molecule has 0 amide bonds. The summed E-state index contributed by atoms with van der Waals surface area (Å²) in [5.74, 6) is 1.65. The molecule has 0 atom stereocenters. The van der Waals surface area contributed by atoms with Gasteiger partial charge in [0.1, 0.15) is 17.2 Å². The molecule has 5 nitrogen and oxygen atoms in total. The van der Waals surface area contributed by atoms with Crippen LogP contribution in [0.3, 0.4) is 0 Å². The van der Waals surface area contributed by atoms with Crippen molar-refractivity contribution in [2.75, 3.05) is 19.0 Å². The van der Waals surface area contributed by atoms with Crippen molar-refractivity contribution in [3.63, 3.8) is 0 Å². The second-order valence-corrected chi connectivity index (χ2v) is 5.04. The number of nitrogens with one attached hydrogen (secondary N) is 1. The van der Waals surface area contributed by atoms with Gasteiger partial charge in [-0.15, -0.1) is 0 Å². The zero-order valence-electron chi connectivity index (χ0n) is 11.6. The van der Waals surface area contributed by atoms with Gasteiger partial charge in [-0.1, -0.05) is 25.7 Å². The van der Waals surface area contributed by atoms with Gasteiger partial charge in [-0.05, 0) is 19.3 Å². The Bertz CT molecular complexity index is 442. The number of carbonyl (C=O) groups excluding carboxylic acids is 1. The number of rotatable bonds is 5. The zero-order chi connectivity index (χ0) is 13.7. The number of methoxy groups -OCH3 is 1. The Morgan fingerprint density at radius 3 is 2.89 bits per heavy atom. The molecule has 0 radical (unpaired) electrons. The largest absolute Gasteiger partial charge is 0.465 e. The molecule has 0 spiro atoms. The Hall–Kier alpha value is -1.65. The quantitative estimate of drug-likeness (QED) is 0.827. The highest BCUT2D eigenvalue weighted by molar-refractivity contribution is 5.94. The van der Waals surface area contributed by atoms with E-state index in [0.717, 1.165) is 18.9 Å². The van der Waals surface area contributed by atoms with Gasteiger partial charge in [0.2, 0.25) is 0 Å². The molecule has 2 rings (SSSR count). The number of hydrogen-bond acceptors (Lipinski definition) is 5. The van der Waals surface area contributed by atoms with Crippen molar-refractivity contribution >= 4 is 11.8 Å². The van der Waals surface area contributed by atoms with E-state index in [0.29, 0.717) is 17.2 Å². The molecule has 0 unspecified atom stereocenters. The summed E-state index contributed by atoms with van der Waals surface area (Å²) in [6.45, 7) is 2.65. The van der Waals surface area contributed by atoms with Gasteiger partial charge in [0.15, 0.2) is 0 Å². The Balaban J connectivity index is 1.97. The van der Waals surface area contributed by atoms with E-state index in [4.69, 9.17) is 4.74 Å². The third kappa shape index (κ3) is 3.66. The normalized spacial score (nSPS) is 15.5. The summed E-state index contributed by atoms with van der Waals surface area (Å²) in [6, 6.07) is 0. The molecule has 0 aliphatic heterocycles. The summed E-state index contributed by atoms with van der Waals surface area (Å²) >= 11 is 0. The first-order chi connectivity index (χ1) is 9.20. The number of anilines is 1. The topological polar surface area (TPSA) is 64.1 Å². The predicted molar refractivity (Wildman–Crippen MR) is 73.2 cm³/mol. The third-order valence-electron chi connectivity index (χ3n) is 3.63. The SMILES string of the molecule is COC(=O)c1cnc(C)nc1NCCC1CCCC1. The average molecular weight is 263 g/mol. The number of nitrogens with zero attached hydrogens (tertiary/aromatic N) is 2. The van der Waals surface area contributed by atoms with Crippen LogP contribution in [-0.2, 0) is 4.74 Å². The Morgan fingerprint density at radius 2 is 2.21 bits per heavy atom. The second kappa shape index (κ2) is 6.50. The monoisotopic (exact) mass is 263 g/mol. The summed E-state index contributed by atoms with van der Waals surface area (Å²) in [5, 5.41) is 3.24. The predicted octanol–water partition coefficient (Wildman–Crippen LogP) is 2.56. The molecule has 19 heavy (non-hydrogen) atoms. The summed E-state index contributed by atoms with van der Waals surface area (Å²) in [6.07, 6.45) is 8.01. The molecule has 104 valence electrons. The Labute approximate surface area is 113 Å². The minimum absolute atomic E-state index is 0.400. The molecule has 1 fully saturated rings. The van der Waals surface area contributed by atoms with Crippen LogP contribution in [0.25, 0.3) is 0 Å². The smallest absolute Gasteiger partial charge is 0.343 e. The van der Waals surface area contributed by atoms with E-state index in [9.17, 15) is 4.79 Å². The van der Waals surface area contributed by atoms with Gasteiger partial charge >= 0.3 is 5.97 Å². The minimum Gasteiger partial charge on any atom is -0.465 e. The molecule has 5 heteroatoms. The van der Waals surface area contributed by atoms with Gasteiger partial charge in [-0.3, -0.25) is 0 Å². The van der Waals surface area contributed by atoms with Crippen LogP contribution >= 0.6 is 0 Å². The molecule has 1 aliphatic rings. The van der Waals surface area contributed by atoms with Crippen molar-refractivity contribution in [2.45, 2.75) is 39.0 Å². The lowest BCUT2D eigenvalue weighted by Gasteiger charge is -2.12. The molecule has 1 aliphatic carbocycles. The molecule has 1 N–H and O–H groups in total. The van der Waals surface area contributed by atoms with Crippen LogP contribution in [0.4, 0.5) is 5.82 Å². The first kappa shape index (κ1) is 13.8. The lowest BCUT2D eigenvalue weighted by Crippen LogP contribution is -2.14. The highest BCUT2D eigenvalue weighted by atomic mass is 16.5. The van der Waals surface area contributed by atoms with Gasteiger partial charge < -0.3 is 10.1 Å². The second-order valence-electron chi connectivity index (χ2n) is 5.04. The number of esters is 1. The maximum atomic E-state index is 11.6. The summed E-state index contributed by atoms with van der Waals surface area (Å²) in [7, 11) is 1.37. The number of carbonyl (C=O) groups is 1. The van der Waals surface area contributed by atoms with Crippen LogP contribution < -0.4 is 5.32 Å². The molecule has 0 bridgehead atoms. The number of hydrogen-bond donors (Lipinski definition) is 1. The van der Waals surface area contributed by atoms with Crippen molar-refractivity contribution < 1.29 is 9.53 Å². The van der Waals surface area contributed by atoms with Crippen LogP contribution in [0.2, 0.25) is 0 Å². The fourth-order valence-corrected chi connectivity index (χ4v) is 2.56. The van der Waals surface area contributed by atoms with E-state index in [1.54, 1.807) is 0 Å². The van der Waals surface area contributed by atoms with Gasteiger partial charge in [-0.25, -0.2) is 14.8 Å². The van der Waals surface area contributed by atoms with Gasteiger partial charge in [0, 0.05) is 12.7 Å². The first-order valence-electron chi connectivity index (χ1n) is 6.86. The van der Waals surface area contributed by atoms with Gasteiger partial charge in [-0.2, -0.15) is 0 Å². The summed E-state index contributed by atoms with van der Waals surface area (Å²) < 4.78 is 4.74. The summed E-state index contributed by atoms with van der Waals surface area (Å²) in [5.41, 5.74) is 0.402. The van der Waals surface area contributed by atoms with E-state index in [1.165, 1.54) is 39.0 Å². The van der Waals surface area contributed by atoms with Crippen molar-refractivity contribution in [1.29, 1.82) is 0 Å². The van der Waals surface area contributed by atoms with E-state index in [-0.39, 0.29) is 0 Å². The molecule has 1 saturated carbocycles. The zero-order valence-corrected chi connectivity index (χ0v) is 11.6. The van der Waals surface area contributed by atoms with E-state index in [2.05, 4.69) is 15.3 Å². The van der Waals surface area contributed by atoms with Crippen LogP contribution in [0.5, 0.6) is 0 Å². The first-order valence-corrected chi connectivity index (χ1v) is 6.86. The molecular formula is C14H21N3O2. The van der Waals surface area contributed by atoms with E-state index in [1.807, 2.05) is 6.92 Å². The Kier molecular flexibility index (Phi) is 4.71. The highest BCUT2D eigenvalue weighted by Gasteiger charge is 2.16. The van der Waals surface area contributed by atoms with Crippen LogP contribution in [-0.4, -0.2) is 29.6 Å². The lowest BCUT2D eigenvalue weighted by molar-refractivity contribution is 0.0601. The fourth-order valence-electron chi connectivity index (χ4n) is 2.56. The van der Waals surface area contributed by atoms with Crippen molar-refractivity contribution in [3.05, 3.63) is 17.6 Å². The van der Waals surface area contributed by atoms with Gasteiger partial charge in [0.05, 0.1) is 7.11 Å². The number of aromatic nitrogens is 2. The molecule has 1 aromatic heterocycles. The molecule has 0 aromatic carbocycles. The summed E-state index contributed by atoms with van der Waals surface area (Å²) in [4.78, 5) is 19.9. The standard InChI is InChI=1S/C14H21N3O2/c1-10-16-9-12(14(18)19-2)13(17-10)15-8-7-11-5-3-4-6-11/h9,11H,3-8H2,1-2H3,(H,15,16,17). The molecule has 0 saturated heterocycles. The van der Waals surface area contributed by atoms with Crippen molar-refractivity contribution in [3.8, 4) is 0 Å². The van der Waals surface area contributed by atoms with Crippen LogP contribution in [0.1, 0.15) is 48.3 Å². The third-order valence-corrected chi connectivity index (χ3v) is 3.63. The number of ether oxygens (including phenoxy) is 1.